The molecular weight excluding hydrogens is 362 g/mol. The molecule has 0 saturated carbocycles. The summed E-state index contributed by atoms with van der Waals surface area (Å²) in [5.41, 5.74) is 0.652. The van der Waals surface area contributed by atoms with Gasteiger partial charge in [0.1, 0.15) is 0 Å². The minimum atomic E-state index is -3.62. The molecule has 1 amide bonds. The number of hydrogen-bond acceptors (Lipinski definition) is 4. The quantitative estimate of drug-likeness (QED) is 0.856. The van der Waals surface area contributed by atoms with Crippen LogP contribution in [0.3, 0.4) is 0 Å². The topological polar surface area (TPSA) is 69.7 Å². The van der Waals surface area contributed by atoms with Crippen LogP contribution in [0, 0.1) is 5.41 Å². The van der Waals surface area contributed by atoms with Crippen LogP contribution >= 0.6 is 0 Å². The van der Waals surface area contributed by atoms with Crippen LogP contribution in [0.2, 0.25) is 0 Å². The SMILES string of the molecule is O=C(c1ccccc1S(=O)(=O)N1CCCCC1)N1CCC2(CCNC2)CC1. The molecule has 0 unspecified atom stereocenters. The Balaban J connectivity index is 1.55. The van der Waals surface area contributed by atoms with Gasteiger partial charge in [-0.3, -0.25) is 4.79 Å². The number of hydrogen-bond donors (Lipinski definition) is 1. The van der Waals surface area contributed by atoms with E-state index in [-0.39, 0.29) is 10.8 Å². The number of likely N-dealkylation sites (tertiary alicyclic amines) is 1. The van der Waals surface area contributed by atoms with Gasteiger partial charge in [0.15, 0.2) is 0 Å². The van der Waals surface area contributed by atoms with E-state index in [1.807, 2.05) is 4.90 Å². The van der Waals surface area contributed by atoms with Crippen molar-refractivity contribution in [3.8, 4) is 0 Å². The fourth-order valence-corrected chi connectivity index (χ4v) is 6.39. The fraction of sp³-hybridized carbons (Fsp3) is 0.650. The van der Waals surface area contributed by atoms with Crippen molar-refractivity contribution in [2.45, 2.75) is 43.4 Å². The lowest BCUT2D eigenvalue weighted by Gasteiger charge is -2.39. The first-order chi connectivity index (χ1) is 13.0. The number of nitrogens with one attached hydrogen (secondary N) is 1. The highest BCUT2D eigenvalue weighted by atomic mass is 32.2. The second-order valence-electron chi connectivity index (χ2n) is 8.18. The van der Waals surface area contributed by atoms with Gasteiger partial charge in [0, 0.05) is 32.7 Å². The molecule has 3 fully saturated rings. The average molecular weight is 392 g/mol. The van der Waals surface area contributed by atoms with Crippen LogP contribution in [-0.2, 0) is 10.0 Å². The molecule has 0 bridgehead atoms. The molecule has 1 aromatic rings. The Labute approximate surface area is 162 Å². The van der Waals surface area contributed by atoms with E-state index in [1.165, 1.54) is 10.7 Å². The first-order valence-corrected chi connectivity index (χ1v) is 11.6. The van der Waals surface area contributed by atoms with Gasteiger partial charge in [-0.2, -0.15) is 4.31 Å². The number of rotatable bonds is 3. The number of amides is 1. The third-order valence-electron chi connectivity index (χ3n) is 6.49. The van der Waals surface area contributed by atoms with Crippen LogP contribution in [0.5, 0.6) is 0 Å². The summed E-state index contributed by atoms with van der Waals surface area (Å²) >= 11 is 0. The zero-order valence-electron chi connectivity index (χ0n) is 15.8. The smallest absolute Gasteiger partial charge is 0.255 e. The summed E-state index contributed by atoms with van der Waals surface area (Å²) in [6.45, 7) is 4.60. The van der Waals surface area contributed by atoms with Gasteiger partial charge in [0.25, 0.3) is 5.91 Å². The van der Waals surface area contributed by atoms with E-state index in [1.54, 1.807) is 24.3 Å². The molecule has 3 saturated heterocycles. The summed E-state index contributed by atoms with van der Waals surface area (Å²) in [6, 6.07) is 6.72. The third-order valence-corrected chi connectivity index (χ3v) is 8.45. The summed E-state index contributed by atoms with van der Waals surface area (Å²) in [5, 5.41) is 3.44. The van der Waals surface area contributed by atoms with Crippen LogP contribution < -0.4 is 5.32 Å². The predicted molar refractivity (Wildman–Crippen MR) is 104 cm³/mol. The van der Waals surface area contributed by atoms with Crippen LogP contribution in [0.4, 0.5) is 0 Å². The molecule has 0 aromatic heterocycles. The Morgan fingerprint density at radius 3 is 2.33 bits per heavy atom. The summed E-state index contributed by atoms with van der Waals surface area (Å²) in [6.07, 6.45) is 6.00. The van der Waals surface area contributed by atoms with E-state index in [0.717, 1.165) is 45.2 Å². The summed E-state index contributed by atoms with van der Waals surface area (Å²) in [4.78, 5) is 15.2. The molecule has 0 aliphatic carbocycles. The lowest BCUT2D eigenvalue weighted by Crippen LogP contribution is -2.44. The first kappa shape index (κ1) is 18.9. The molecule has 148 valence electrons. The van der Waals surface area contributed by atoms with Gasteiger partial charge in [0.05, 0.1) is 10.5 Å². The normalized spacial score (nSPS) is 23.6. The van der Waals surface area contributed by atoms with E-state index >= 15 is 0 Å². The van der Waals surface area contributed by atoms with Gasteiger partial charge in [0.2, 0.25) is 10.0 Å². The highest BCUT2D eigenvalue weighted by Gasteiger charge is 2.39. The predicted octanol–water partition coefficient (Wildman–Crippen LogP) is 2.08. The molecule has 0 atom stereocenters. The van der Waals surface area contributed by atoms with E-state index in [0.29, 0.717) is 37.2 Å². The van der Waals surface area contributed by atoms with E-state index < -0.39 is 10.0 Å². The zero-order valence-corrected chi connectivity index (χ0v) is 16.6. The molecule has 4 rings (SSSR count). The Hall–Kier alpha value is -1.44. The van der Waals surface area contributed by atoms with E-state index in [9.17, 15) is 13.2 Å². The number of nitrogens with zero attached hydrogens (tertiary/aromatic N) is 2. The van der Waals surface area contributed by atoms with Gasteiger partial charge in [-0.05, 0) is 56.2 Å². The molecule has 3 heterocycles. The monoisotopic (exact) mass is 391 g/mol. The standard InChI is InChI=1S/C20H29N3O3S/c24-19(22-14-9-20(10-15-22)8-11-21-16-20)17-6-2-3-7-18(17)27(25,26)23-12-4-1-5-13-23/h2-3,6-7,21H,1,4-5,8-16H2. The summed E-state index contributed by atoms with van der Waals surface area (Å²) in [5.74, 6) is -0.146. The lowest BCUT2D eigenvalue weighted by atomic mass is 9.78. The van der Waals surface area contributed by atoms with Gasteiger partial charge >= 0.3 is 0 Å². The molecular formula is C20H29N3O3S. The number of carbonyl (C=O) groups is 1. The molecule has 6 nitrogen and oxygen atoms in total. The van der Waals surface area contributed by atoms with E-state index in [4.69, 9.17) is 0 Å². The molecule has 7 heteroatoms. The van der Waals surface area contributed by atoms with Crippen LogP contribution in [-0.4, -0.2) is 62.8 Å². The summed E-state index contributed by atoms with van der Waals surface area (Å²) < 4.78 is 27.8. The summed E-state index contributed by atoms with van der Waals surface area (Å²) in [7, 11) is -3.62. The molecule has 0 radical (unpaired) electrons. The Kier molecular flexibility index (Phi) is 5.27. The van der Waals surface area contributed by atoms with Gasteiger partial charge in [-0.25, -0.2) is 8.42 Å². The van der Waals surface area contributed by atoms with E-state index in [2.05, 4.69) is 5.32 Å². The fourth-order valence-electron chi connectivity index (χ4n) is 4.69. The van der Waals surface area contributed by atoms with Gasteiger partial charge in [-0.15, -0.1) is 0 Å². The highest BCUT2D eigenvalue weighted by Crippen LogP contribution is 2.37. The number of carbonyl (C=O) groups excluding carboxylic acids is 1. The van der Waals surface area contributed by atoms with Crippen LogP contribution in [0.1, 0.15) is 48.9 Å². The Bertz CT molecular complexity index is 786. The van der Waals surface area contributed by atoms with Crippen LogP contribution in [0.25, 0.3) is 0 Å². The highest BCUT2D eigenvalue weighted by molar-refractivity contribution is 7.89. The minimum absolute atomic E-state index is 0.146. The lowest BCUT2D eigenvalue weighted by molar-refractivity contribution is 0.0603. The van der Waals surface area contributed by atoms with Crippen molar-refractivity contribution in [2.75, 3.05) is 39.3 Å². The maximum absolute atomic E-state index is 13.2. The van der Waals surface area contributed by atoms with Crippen molar-refractivity contribution >= 4 is 15.9 Å². The number of sulfonamides is 1. The zero-order chi connectivity index (χ0) is 18.9. The van der Waals surface area contributed by atoms with Crippen LogP contribution in [0.15, 0.2) is 29.2 Å². The maximum Gasteiger partial charge on any atom is 0.255 e. The third kappa shape index (κ3) is 3.65. The molecule has 1 spiro atoms. The van der Waals surface area contributed by atoms with Crippen molar-refractivity contribution in [3.05, 3.63) is 29.8 Å². The largest absolute Gasteiger partial charge is 0.339 e. The molecule has 27 heavy (non-hydrogen) atoms. The second-order valence-corrected chi connectivity index (χ2v) is 10.1. The minimum Gasteiger partial charge on any atom is -0.339 e. The van der Waals surface area contributed by atoms with Crippen molar-refractivity contribution in [2.24, 2.45) is 5.41 Å². The molecule has 3 aliphatic rings. The van der Waals surface area contributed by atoms with Crippen molar-refractivity contribution in [3.63, 3.8) is 0 Å². The maximum atomic E-state index is 13.2. The molecule has 3 aliphatic heterocycles. The second kappa shape index (κ2) is 7.53. The van der Waals surface area contributed by atoms with Crippen molar-refractivity contribution in [1.29, 1.82) is 0 Å². The number of piperidine rings is 2. The Morgan fingerprint density at radius 2 is 1.67 bits per heavy atom. The molecule has 1 N–H and O–H groups in total. The van der Waals surface area contributed by atoms with Crippen molar-refractivity contribution in [1.82, 2.24) is 14.5 Å². The first-order valence-electron chi connectivity index (χ1n) is 10.1. The number of benzene rings is 1. The molecule has 1 aromatic carbocycles. The van der Waals surface area contributed by atoms with Gasteiger partial charge < -0.3 is 10.2 Å². The Morgan fingerprint density at radius 1 is 0.963 bits per heavy atom. The van der Waals surface area contributed by atoms with Gasteiger partial charge in [-0.1, -0.05) is 18.6 Å². The average Bonchev–Trinajstić information content (AvgIpc) is 3.16. The van der Waals surface area contributed by atoms with Crippen molar-refractivity contribution < 1.29 is 13.2 Å².